The Morgan fingerprint density at radius 2 is 2.08 bits per heavy atom. The van der Waals surface area contributed by atoms with E-state index in [1.807, 2.05) is 31.0 Å². The Balaban J connectivity index is 1.61. The van der Waals surface area contributed by atoms with Gasteiger partial charge in [-0.1, -0.05) is 13.8 Å². The molecule has 140 valence electrons. The quantitative estimate of drug-likeness (QED) is 0.794. The molecule has 0 radical (unpaired) electrons. The Morgan fingerprint density at radius 1 is 1.35 bits per heavy atom. The zero-order valence-corrected chi connectivity index (χ0v) is 16.8. The van der Waals surface area contributed by atoms with Crippen LogP contribution in [0, 0.1) is 19.8 Å². The lowest BCUT2D eigenvalue weighted by Crippen LogP contribution is -2.41. The number of hydrogen-bond acceptors (Lipinski definition) is 5. The third kappa shape index (κ3) is 4.41. The Labute approximate surface area is 159 Å². The molecule has 0 spiro atoms. The molecule has 3 rings (SSSR count). The Kier molecular flexibility index (Phi) is 5.91. The molecular weight excluding hydrogens is 346 g/mol. The molecule has 6 heteroatoms. The van der Waals surface area contributed by atoms with Crippen LogP contribution in [0.4, 0.5) is 0 Å². The molecule has 1 saturated heterocycles. The van der Waals surface area contributed by atoms with Gasteiger partial charge in [0.15, 0.2) is 0 Å². The molecule has 1 aliphatic heterocycles. The van der Waals surface area contributed by atoms with E-state index in [2.05, 4.69) is 23.8 Å². The fourth-order valence-corrected chi connectivity index (χ4v) is 4.17. The van der Waals surface area contributed by atoms with Gasteiger partial charge in [-0.15, -0.1) is 11.3 Å². The summed E-state index contributed by atoms with van der Waals surface area (Å²) in [5.74, 6) is 1.51. The molecule has 0 atom stereocenters. The number of hydrogen-bond donors (Lipinski definition) is 0. The van der Waals surface area contributed by atoms with Gasteiger partial charge in [0.25, 0.3) is 5.91 Å². The van der Waals surface area contributed by atoms with Crippen LogP contribution in [0.15, 0.2) is 18.5 Å². The van der Waals surface area contributed by atoms with E-state index in [1.54, 1.807) is 6.20 Å². The van der Waals surface area contributed by atoms with Crippen LogP contribution in [-0.4, -0.2) is 40.0 Å². The second-order valence-electron chi connectivity index (χ2n) is 7.36. The van der Waals surface area contributed by atoms with Crippen LogP contribution >= 0.6 is 11.3 Å². The van der Waals surface area contributed by atoms with Gasteiger partial charge in [0.05, 0.1) is 10.7 Å². The number of amides is 1. The minimum atomic E-state index is 0.129. The molecule has 0 aliphatic carbocycles. The molecule has 0 saturated carbocycles. The van der Waals surface area contributed by atoms with Gasteiger partial charge in [-0.2, -0.15) is 0 Å². The molecule has 0 N–H and O–H groups in total. The number of nitrogens with zero attached hydrogens (tertiary/aromatic N) is 3. The number of piperidine rings is 1. The number of carbonyl (C=O) groups excluding carboxylic acids is 1. The van der Waals surface area contributed by atoms with Crippen LogP contribution in [0.2, 0.25) is 0 Å². The van der Waals surface area contributed by atoms with Gasteiger partial charge in [0.1, 0.15) is 16.7 Å². The van der Waals surface area contributed by atoms with Crippen molar-refractivity contribution in [3.05, 3.63) is 39.6 Å². The zero-order chi connectivity index (χ0) is 18.7. The normalized spacial score (nSPS) is 15.5. The van der Waals surface area contributed by atoms with Gasteiger partial charge < -0.3 is 9.64 Å². The summed E-state index contributed by atoms with van der Waals surface area (Å²) in [6.07, 6.45) is 6.28. The van der Waals surface area contributed by atoms with E-state index in [1.165, 1.54) is 11.3 Å². The SMILES string of the molecule is Cc1nc(CC(C)C)c(C(=O)N2CCC(Oc3ccncc3C)CC2)s1. The highest BCUT2D eigenvalue weighted by atomic mass is 32.1. The standard InChI is InChI=1S/C20H27N3O2S/c1-13(2)11-17-19(26-15(4)22-17)20(24)23-9-6-16(7-10-23)25-18-5-8-21-12-14(18)3/h5,8,12-13,16H,6-7,9-11H2,1-4H3. The lowest BCUT2D eigenvalue weighted by molar-refractivity contribution is 0.0597. The molecule has 2 aromatic rings. The van der Waals surface area contributed by atoms with E-state index in [4.69, 9.17) is 4.74 Å². The third-order valence-electron chi connectivity index (χ3n) is 4.59. The van der Waals surface area contributed by atoms with Crippen molar-refractivity contribution in [2.45, 2.75) is 53.1 Å². The summed E-state index contributed by atoms with van der Waals surface area (Å²) < 4.78 is 6.11. The van der Waals surface area contributed by atoms with Crippen LogP contribution in [0.1, 0.15) is 52.6 Å². The number of carbonyl (C=O) groups is 1. The molecule has 1 aliphatic rings. The number of likely N-dealkylation sites (tertiary alicyclic amines) is 1. The van der Waals surface area contributed by atoms with Crippen molar-refractivity contribution in [3.63, 3.8) is 0 Å². The van der Waals surface area contributed by atoms with Crippen molar-refractivity contribution < 1.29 is 9.53 Å². The lowest BCUT2D eigenvalue weighted by Gasteiger charge is -2.32. The second kappa shape index (κ2) is 8.16. The summed E-state index contributed by atoms with van der Waals surface area (Å²) in [5, 5.41) is 0.968. The molecule has 3 heterocycles. The first-order chi connectivity index (χ1) is 12.4. The highest BCUT2D eigenvalue weighted by Gasteiger charge is 2.28. The van der Waals surface area contributed by atoms with Gasteiger partial charge in [-0.3, -0.25) is 9.78 Å². The van der Waals surface area contributed by atoms with Gasteiger partial charge >= 0.3 is 0 Å². The Bertz CT molecular complexity index is 764. The average Bonchev–Trinajstić information content (AvgIpc) is 2.96. The Hall–Kier alpha value is -1.95. The maximum Gasteiger partial charge on any atom is 0.265 e. The maximum atomic E-state index is 13.0. The summed E-state index contributed by atoms with van der Waals surface area (Å²) in [4.78, 5) is 24.4. The highest BCUT2D eigenvalue weighted by molar-refractivity contribution is 7.13. The molecule has 0 aromatic carbocycles. The van der Waals surface area contributed by atoms with Crippen LogP contribution in [-0.2, 0) is 6.42 Å². The maximum absolute atomic E-state index is 13.0. The van der Waals surface area contributed by atoms with Crippen LogP contribution in [0.5, 0.6) is 5.75 Å². The lowest BCUT2D eigenvalue weighted by atomic mass is 10.1. The number of pyridine rings is 1. The zero-order valence-electron chi connectivity index (χ0n) is 16.0. The predicted molar refractivity (Wildman–Crippen MR) is 104 cm³/mol. The second-order valence-corrected chi connectivity index (χ2v) is 8.56. The first-order valence-corrected chi connectivity index (χ1v) is 10.1. The van der Waals surface area contributed by atoms with Crippen molar-refractivity contribution in [1.82, 2.24) is 14.9 Å². The monoisotopic (exact) mass is 373 g/mol. The minimum Gasteiger partial charge on any atom is -0.490 e. The molecule has 0 unspecified atom stereocenters. The van der Waals surface area contributed by atoms with E-state index in [0.29, 0.717) is 5.92 Å². The van der Waals surface area contributed by atoms with E-state index in [9.17, 15) is 4.79 Å². The predicted octanol–water partition coefficient (Wildman–Crippen LogP) is 4.04. The van der Waals surface area contributed by atoms with Crippen LogP contribution in [0.25, 0.3) is 0 Å². The molecule has 1 amide bonds. The van der Waals surface area contributed by atoms with Crippen LogP contribution < -0.4 is 4.74 Å². The van der Waals surface area contributed by atoms with E-state index < -0.39 is 0 Å². The average molecular weight is 374 g/mol. The molecule has 5 nitrogen and oxygen atoms in total. The largest absolute Gasteiger partial charge is 0.490 e. The van der Waals surface area contributed by atoms with Crippen LogP contribution in [0.3, 0.4) is 0 Å². The number of aryl methyl sites for hydroxylation is 2. The minimum absolute atomic E-state index is 0.129. The van der Waals surface area contributed by atoms with Crippen molar-refractivity contribution >= 4 is 17.2 Å². The molecule has 1 fully saturated rings. The number of aromatic nitrogens is 2. The molecule has 26 heavy (non-hydrogen) atoms. The first kappa shape index (κ1) is 18.8. The third-order valence-corrected chi connectivity index (χ3v) is 5.59. The number of rotatable bonds is 5. The van der Waals surface area contributed by atoms with Gasteiger partial charge in [0, 0.05) is 43.9 Å². The fourth-order valence-electron chi connectivity index (χ4n) is 3.26. The molecule has 0 bridgehead atoms. The van der Waals surface area contributed by atoms with Crippen molar-refractivity contribution in [2.75, 3.05) is 13.1 Å². The van der Waals surface area contributed by atoms with Crippen molar-refractivity contribution in [1.29, 1.82) is 0 Å². The van der Waals surface area contributed by atoms with Gasteiger partial charge in [-0.05, 0) is 32.3 Å². The summed E-state index contributed by atoms with van der Waals surface area (Å²) in [5.41, 5.74) is 2.00. The van der Waals surface area contributed by atoms with Crippen molar-refractivity contribution in [3.8, 4) is 5.75 Å². The molecular formula is C20H27N3O2S. The topological polar surface area (TPSA) is 55.3 Å². The summed E-state index contributed by atoms with van der Waals surface area (Å²) in [7, 11) is 0. The molecule has 2 aromatic heterocycles. The fraction of sp³-hybridized carbons (Fsp3) is 0.550. The van der Waals surface area contributed by atoms with Gasteiger partial charge in [-0.25, -0.2) is 4.98 Å². The number of ether oxygens (including phenoxy) is 1. The number of thiazole rings is 1. The van der Waals surface area contributed by atoms with E-state index in [-0.39, 0.29) is 12.0 Å². The van der Waals surface area contributed by atoms with Gasteiger partial charge in [0.2, 0.25) is 0 Å². The van der Waals surface area contributed by atoms with E-state index in [0.717, 1.165) is 59.2 Å². The van der Waals surface area contributed by atoms with E-state index >= 15 is 0 Å². The van der Waals surface area contributed by atoms with Crippen molar-refractivity contribution in [2.24, 2.45) is 5.92 Å². The smallest absolute Gasteiger partial charge is 0.265 e. The Morgan fingerprint density at radius 3 is 2.73 bits per heavy atom. The summed E-state index contributed by atoms with van der Waals surface area (Å²) in [6, 6.07) is 1.91. The first-order valence-electron chi connectivity index (χ1n) is 9.27. The summed E-state index contributed by atoms with van der Waals surface area (Å²) >= 11 is 1.52. The highest BCUT2D eigenvalue weighted by Crippen LogP contribution is 2.26. The summed E-state index contributed by atoms with van der Waals surface area (Å²) in [6.45, 7) is 9.75.